The fourth-order valence-corrected chi connectivity index (χ4v) is 2.83. The van der Waals surface area contributed by atoms with E-state index in [4.69, 9.17) is 0 Å². The van der Waals surface area contributed by atoms with Gasteiger partial charge in [0.25, 0.3) is 5.91 Å². The predicted molar refractivity (Wildman–Crippen MR) is 75.5 cm³/mol. The summed E-state index contributed by atoms with van der Waals surface area (Å²) in [6, 6.07) is 4.94. The molecule has 1 heterocycles. The molecule has 0 bridgehead atoms. The van der Waals surface area contributed by atoms with Gasteiger partial charge in [0.2, 0.25) is 0 Å². The Morgan fingerprint density at radius 1 is 1.42 bits per heavy atom. The number of amides is 1. The van der Waals surface area contributed by atoms with Crippen LogP contribution < -0.4 is 4.80 Å². The van der Waals surface area contributed by atoms with Crippen molar-refractivity contribution in [2.45, 2.75) is 34.2 Å². The summed E-state index contributed by atoms with van der Waals surface area (Å²) in [5.41, 5.74) is -0.00392. The summed E-state index contributed by atoms with van der Waals surface area (Å²) in [5, 5.41) is 0. The van der Waals surface area contributed by atoms with Gasteiger partial charge in [-0.25, -0.2) is 4.39 Å². The maximum atomic E-state index is 13.9. The summed E-state index contributed by atoms with van der Waals surface area (Å²) < 4.78 is 16.4. The van der Waals surface area contributed by atoms with Crippen LogP contribution in [-0.4, -0.2) is 10.5 Å². The van der Waals surface area contributed by atoms with Crippen LogP contribution in [-0.2, 0) is 11.3 Å². The van der Waals surface area contributed by atoms with Gasteiger partial charge in [0, 0.05) is 12.0 Å². The Bertz CT molecular complexity index is 692. The number of rotatable bonds is 1. The second-order valence-electron chi connectivity index (χ2n) is 5.38. The van der Waals surface area contributed by atoms with Crippen molar-refractivity contribution in [3.05, 3.63) is 28.8 Å². The third-order valence-electron chi connectivity index (χ3n) is 2.81. The highest BCUT2D eigenvalue weighted by molar-refractivity contribution is 7.16. The first kappa shape index (κ1) is 13.9. The molecular weight excluding hydrogens is 263 g/mol. The smallest absolute Gasteiger partial charge is 0.253 e. The lowest BCUT2D eigenvalue weighted by Gasteiger charge is -2.11. The van der Waals surface area contributed by atoms with Crippen LogP contribution in [0.1, 0.15) is 27.7 Å². The van der Waals surface area contributed by atoms with E-state index in [0.717, 1.165) is 4.70 Å². The van der Waals surface area contributed by atoms with E-state index in [1.54, 1.807) is 10.6 Å². The Hall–Kier alpha value is -1.49. The van der Waals surface area contributed by atoms with E-state index in [-0.39, 0.29) is 11.7 Å². The van der Waals surface area contributed by atoms with E-state index < -0.39 is 5.41 Å². The molecular formula is C14H17FN2OS. The highest BCUT2D eigenvalue weighted by Gasteiger charge is 2.21. The zero-order valence-electron chi connectivity index (χ0n) is 11.5. The van der Waals surface area contributed by atoms with Gasteiger partial charge in [0.1, 0.15) is 5.82 Å². The van der Waals surface area contributed by atoms with Crippen LogP contribution in [0, 0.1) is 11.2 Å². The Morgan fingerprint density at radius 2 is 2.11 bits per heavy atom. The quantitative estimate of drug-likeness (QED) is 0.789. The average Bonchev–Trinajstić information content (AvgIpc) is 2.66. The average molecular weight is 280 g/mol. The molecule has 0 atom stereocenters. The van der Waals surface area contributed by atoms with E-state index in [1.807, 2.05) is 33.8 Å². The van der Waals surface area contributed by atoms with Gasteiger partial charge in [0.05, 0.1) is 10.2 Å². The number of fused-ring (bicyclic) bond motifs is 1. The number of carbonyl (C=O) groups excluding carboxylic acids is 1. The van der Waals surface area contributed by atoms with Crippen LogP contribution >= 0.6 is 11.3 Å². The topological polar surface area (TPSA) is 34.4 Å². The molecule has 2 aromatic rings. The minimum atomic E-state index is -0.527. The largest absolute Gasteiger partial charge is 0.314 e. The third-order valence-corrected chi connectivity index (χ3v) is 3.85. The van der Waals surface area contributed by atoms with E-state index >= 15 is 0 Å². The van der Waals surface area contributed by atoms with E-state index in [2.05, 4.69) is 4.99 Å². The van der Waals surface area contributed by atoms with Crippen molar-refractivity contribution in [3.8, 4) is 0 Å². The fraction of sp³-hybridized carbons (Fsp3) is 0.429. The molecule has 0 aliphatic rings. The normalized spacial score (nSPS) is 13.2. The second kappa shape index (κ2) is 4.89. The molecule has 1 aromatic carbocycles. The van der Waals surface area contributed by atoms with Gasteiger partial charge in [-0.2, -0.15) is 4.99 Å². The molecule has 0 aliphatic heterocycles. The summed E-state index contributed by atoms with van der Waals surface area (Å²) in [7, 11) is 0. The van der Waals surface area contributed by atoms with Gasteiger partial charge in [-0.3, -0.25) is 4.79 Å². The molecule has 0 N–H and O–H groups in total. The first-order valence-electron chi connectivity index (χ1n) is 6.21. The van der Waals surface area contributed by atoms with Crippen LogP contribution in [0.3, 0.4) is 0 Å². The molecule has 2 rings (SSSR count). The van der Waals surface area contributed by atoms with Crippen LogP contribution in [0.25, 0.3) is 10.2 Å². The van der Waals surface area contributed by atoms with Crippen molar-refractivity contribution >= 4 is 27.5 Å². The highest BCUT2D eigenvalue weighted by Crippen LogP contribution is 2.21. The predicted octanol–water partition coefficient (Wildman–Crippen LogP) is 3.34. The number of aromatic nitrogens is 1. The number of nitrogens with zero attached hydrogens (tertiary/aromatic N) is 2. The van der Waals surface area contributed by atoms with Gasteiger partial charge in [-0.05, 0) is 19.1 Å². The zero-order valence-corrected chi connectivity index (χ0v) is 12.3. The number of carbonyl (C=O) groups is 1. The van der Waals surface area contributed by atoms with Crippen LogP contribution in [0.2, 0.25) is 0 Å². The molecule has 0 spiro atoms. The number of hydrogen-bond acceptors (Lipinski definition) is 2. The van der Waals surface area contributed by atoms with E-state index in [1.165, 1.54) is 17.4 Å². The van der Waals surface area contributed by atoms with Gasteiger partial charge in [-0.15, -0.1) is 0 Å². The third kappa shape index (κ3) is 2.61. The van der Waals surface area contributed by atoms with E-state index in [0.29, 0.717) is 16.9 Å². The molecule has 0 fully saturated rings. The van der Waals surface area contributed by atoms with E-state index in [9.17, 15) is 9.18 Å². The first-order chi connectivity index (χ1) is 8.84. The second-order valence-corrected chi connectivity index (χ2v) is 6.39. The first-order valence-corrected chi connectivity index (χ1v) is 7.03. The number of para-hydroxylation sites is 1. The summed E-state index contributed by atoms with van der Waals surface area (Å²) in [6.45, 7) is 7.96. The van der Waals surface area contributed by atoms with Crippen molar-refractivity contribution in [1.29, 1.82) is 0 Å². The van der Waals surface area contributed by atoms with Crippen molar-refractivity contribution in [3.63, 3.8) is 0 Å². The minimum Gasteiger partial charge on any atom is -0.314 e. The van der Waals surface area contributed by atoms with Crippen LogP contribution in [0.5, 0.6) is 0 Å². The monoisotopic (exact) mass is 280 g/mol. The lowest BCUT2D eigenvalue weighted by atomic mass is 9.96. The molecule has 102 valence electrons. The molecule has 1 amide bonds. The summed E-state index contributed by atoms with van der Waals surface area (Å²) in [4.78, 5) is 16.7. The van der Waals surface area contributed by atoms with Crippen LogP contribution in [0.4, 0.5) is 4.39 Å². The minimum absolute atomic E-state index is 0.193. The highest BCUT2D eigenvalue weighted by atomic mass is 32.1. The van der Waals surface area contributed by atoms with Gasteiger partial charge in [-0.1, -0.05) is 38.2 Å². The molecule has 0 saturated heterocycles. The van der Waals surface area contributed by atoms with Crippen LogP contribution in [0.15, 0.2) is 23.2 Å². The number of thiazole rings is 1. The lowest BCUT2D eigenvalue weighted by Crippen LogP contribution is -2.23. The summed E-state index contributed by atoms with van der Waals surface area (Å²) >= 11 is 1.34. The van der Waals surface area contributed by atoms with Crippen molar-refractivity contribution in [2.75, 3.05) is 0 Å². The van der Waals surface area contributed by atoms with Gasteiger partial charge >= 0.3 is 0 Å². The Morgan fingerprint density at radius 3 is 2.68 bits per heavy atom. The maximum Gasteiger partial charge on any atom is 0.253 e. The van der Waals surface area contributed by atoms with Gasteiger partial charge < -0.3 is 4.57 Å². The Balaban J connectivity index is 2.72. The fourth-order valence-electron chi connectivity index (χ4n) is 1.72. The summed E-state index contributed by atoms with van der Waals surface area (Å²) in [5.74, 6) is -0.470. The molecule has 0 saturated carbocycles. The van der Waals surface area contributed by atoms with Crippen molar-refractivity contribution < 1.29 is 9.18 Å². The van der Waals surface area contributed by atoms with Crippen molar-refractivity contribution in [2.24, 2.45) is 10.4 Å². The Labute approximate surface area is 115 Å². The SMILES string of the molecule is CCn1c(=NC(=O)C(C)(C)C)sc2cccc(F)c21. The molecule has 3 nitrogen and oxygen atoms in total. The number of benzene rings is 1. The maximum absolute atomic E-state index is 13.9. The van der Waals surface area contributed by atoms with Gasteiger partial charge in [0.15, 0.2) is 4.80 Å². The molecule has 0 unspecified atom stereocenters. The lowest BCUT2D eigenvalue weighted by molar-refractivity contribution is -0.125. The Kier molecular flexibility index (Phi) is 3.58. The standard InChI is InChI=1S/C14H17FN2OS/c1-5-17-11-9(15)7-6-8-10(11)19-13(17)16-12(18)14(2,3)4/h6-8H,5H2,1-4H3. The molecule has 1 aromatic heterocycles. The zero-order chi connectivity index (χ0) is 14.2. The number of hydrogen-bond donors (Lipinski definition) is 0. The molecule has 0 aliphatic carbocycles. The molecule has 19 heavy (non-hydrogen) atoms. The molecule has 5 heteroatoms. The molecule has 0 radical (unpaired) electrons. The summed E-state index contributed by atoms with van der Waals surface area (Å²) in [6.07, 6.45) is 0. The van der Waals surface area contributed by atoms with Crippen molar-refractivity contribution in [1.82, 2.24) is 4.57 Å². The number of aryl methyl sites for hydroxylation is 1. The number of halogens is 1.